The lowest BCUT2D eigenvalue weighted by molar-refractivity contribution is 0.102. The van der Waals surface area contributed by atoms with Crippen molar-refractivity contribution >= 4 is 17.4 Å². The van der Waals surface area contributed by atoms with E-state index in [4.69, 9.17) is 16.9 Å². The third-order valence-corrected chi connectivity index (χ3v) is 2.14. The topological polar surface area (TPSA) is 40.9 Å². The molecule has 0 radical (unpaired) electrons. The number of halogens is 2. The molecule has 14 heavy (non-hydrogen) atoms. The predicted molar refractivity (Wildman–Crippen MR) is 50.9 cm³/mol. The van der Waals surface area contributed by atoms with Crippen molar-refractivity contribution in [3.8, 4) is 6.07 Å². The lowest BCUT2D eigenvalue weighted by Crippen LogP contribution is -2.05. The Morgan fingerprint density at radius 3 is 2.79 bits per heavy atom. The van der Waals surface area contributed by atoms with Gasteiger partial charge in [0, 0.05) is 5.56 Å². The van der Waals surface area contributed by atoms with Crippen molar-refractivity contribution in [2.45, 2.75) is 6.92 Å². The molecule has 0 saturated carbocycles. The van der Waals surface area contributed by atoms with Gasteiger partial charge >= 0.3 is 0 Å². The number of nitriles is 1. The minimum absolute atomic E-state index is 0.126. The molecule has 0 aliphatic carbocycles. The second kappa shape index (κ2) is 4.21. The van der Waals surface area contributed by atoms with E-state index in [0.29, 0.717) is 0 Å². The van der Waals surface area contributed by atoms with Crippen molar-refractivity contribution in [2.75, 3.05) is 5.88 Å². The summed E-state index contributed by atoms with van der Waals surface area (Å²) in [6.45, 7) is 1.48. The van der Waals surface area contributed by atoms with Crippen LogP contribution >= 0.6 is 11.6 Å². The second-order valence-electron chi connectivity index (χ2n) is 2.80. The van der Waals surface area contributed by atoms with Crippen molar-refractivity contribution in [3.63, 3.8) is 0 Å². The van der Waals surface area contributed by atoms with Gasteiger partial charge in [0.05, 0.1) is 17.5 Å². The average molecular weight is 212 g/mol. The van der Waals surface area contributed by atoms with E-state index < -0.39 is 5.82 Å². The number of alkyl halides is 1. The minimum atomic E-state index is -0.558. The molecule has 72 valence electrons. The summed E-state index contributed by atoms with van der Waals surface area (Å²) in [7, 11) is 0. The van der Waals surface area contributed by atoms with Crippen LogP contribution < -0.4 is 0 Å². The number of hydrogen-bond acceptors (Lipinski definition) is 2. The van der Waals surface area contributed by atoms with Gasteiger partial charge in [-0.1, -0.05) is 0 Å². The van der Waals surface area contributed by atoms with Gasteiger partial charge in [0.15, 0.2) is 5.78 Å². The summed E-state index contributed by atoms with van der Waals surface area (Å²) in [5.74, 6) is -1.15. The SMILES string of the molecule is Cc1c(F)cc(C#N)cc1C(=O)CCl. The Morgan fingerprint density at radius 2 is 2.29 bits per heavy atom. The number of ketones is 1. The molecule has 0 unspecified atom stereocenters. The molecule has 1 rings (SSSR count). The number of carbonyl (C=O) groups is 1. The van der Waals surface area contributed by atoms with Crippen LogP contribution in [-0.4, -0.2) is 11.7 Å². The van der Waals surface area contributed by atoms with E-state index in [1.54, 1.807) is 6.07 Å². The van der Waals surface area contributed by atoms with Gasteiger partial charge in [-0.2, -0.15) is 5.26 Å². The van der Waals surface area contributed by atoms with E-state index in [-0.39, 0.29) is 28.4 Å². The molecule has 0 fully saturated rings. The van der Waals surface area contributed by atoms with Gasteiger partial charge in [-0.15, -0.1) is 11.6 Å². The number of benzene rings is 1. The van der Waals surface area contributed by atoms with Crippen molar-refractivity contribution in [1.29, 1.82) is 5.26 Å². The molecule has 0 aliphatic heterocycles. The van der Waals surface area contributed by atoms with Crippen LogP contribution in [0.2, 0.25) is 0 Å². The quantitative estimate of drug-likeness (QED) is 0.557. The van der Waals surface area contributed by atoms with E-state index >= 15 is 0 Å². The summed E-state index contributed by atoms with van der Waals surface area (Å²) in [6, 6.07) is 4.23. The second-order valence-corrected chi connectivity index (χ2v) is 3.07. The van der Waals surface area contributed by atoms with E-state index in [9.17, 15) is 9.18 Å². The normalized spacial score (nSPS) is 9.57. The molecule has 0 bridgehead atoms. The van der Waals surface area contributed by atoms with Crippen LogP contribution in [0.15, 0.2) is 12.1 Å². The first kappa shape index (κ1) is 10.7. The van der Waals surface area contributed by atoms with Gasteiger partial charge in [0.25, 0.3) is 0 Å². The largest absolute Gasteiger partial charge is 0.293 e. The Kier molecular flexibility index (Phi) is 3.21. The fourth-order valence-electron chi connectivity index (χ4n) is 1.11. The number of carbonyl (C=O) groups excluding carboxylic acids is 1. The molecule has 0 atom stereocenters. The van der Waals surface area contributed by atoms with E-state index in [1.165, 1.54) is 13.0 Å². The van der Waals surface area contributed by atoms with Gasteiger partial charge in [-0.25, -0.2) is 4.39 Å². The van der Waals surface area contributed by atoms with E-state index in [0.717, 1.165) is 6.07 Å². The number of hydrogen-bond donors (Lipinski definition) is 0. The van der Waals surface area contributed by atoms with Crippen molar-refractivity contribution < 1.29 is 9.18 Å². The van der Waals surface area contributed by atoms with Crippen LogP contribution in [-0.2, 0) is 0 Å². The molecule has 1 aromatic carbocycles. The highest BCUT2D eigenvalue weighted by atomic mass is 35.5. The average Bonchev–Trinajstić information content (AvgIpc) is 2.20. The van der Waals surface area contributed by atoms with E-state index in [2.05, 4.69) is 0 Å². The molecule has 0 spiro atoms. The lowest BCUT2D eigenvalue weighted by Gasteiger charge is -2.04. The number of rotatable bonds is 2. The summed E-state index contributed by atoms with van der Waals surface area (Å²) in [6.07, 6.45) is 0. The van der Waals surface area contributed by atoms with Crippen molar-refractivity contribution in [2.24, 2.45) is 0 Å². The Balaban J connectivity index is 3.36. The third-order valence-electron chi connectivity index (χ3n) is 1.90. The number of Topliss-reactive ketones (excluding diaryl/α,β-unsaturated/α-hetero) is 1. The summed E-state index contributed by atoms with van der Waals surface area (Å²) in [5, 5.41) is 8.57. The molecule has 1 aromatic rings. The molecule has 0 heterocycles. The molecule has 2 nitrogen and oxygen atoms in total. The maximum absolute atomic E-state index is 13.2. The van der Waals surface area contributed by atoms with Gasteiger partial charge in [0.1, 0.15) is 5.82 Å². The van der Waals surface area contributed by atoms with Crippen LogP contribution in [0, 0.1) is 24.1 Å². The monoisotopic (exact) mass is 211 g/mol. The highest BCUT2D eigenvalue weighted by Crippen LogP contribution is 2.16. The Labute approximate surface area is 85.9 Å². The van der Waals surface area contributed by atoms with Gasteiger partial charge < -0.3 is 0 Å². The zero-order valence-electron chi connectivity index (χ0n) is 7.47. The molecule has 0 saturated heterocycles. The van der Waals surface area contributed by atoms with E-state index in [1.807, 2.05) is 0 Å². The molecular weight excluding hydrogens is 205 g/mol. The lowest BCUT2D eigenvalue weighted by atomic mass is 10.0. The van der Waals surface area contributed by atoms with Crippen LogP contribution in [0.25, 0.3) is 0 Å². The molecular formula is C10H7ClFNO. The highest BCUT2D eigenvalue weighted by Gasteiger charge is 2.12. The summed E-state index contributed by atoms with van der Waals surface area (Å²) in [5.41, 5.74) is 0.535. The predicted octanol–water partition coefficient (Wildman–Crippen LogP) is 2.43. The summed E-state index contributed by atoms with van der Waals surface area (Å²) < 4.78 is 13.2. The molecule has 4 heteroatoms. The molecule has 0 amide bonds. The maximum Gasteiger partial charge on any atom is 0.177 e. The summed E-state index contributed by atoms with van der Waals surface area (Å²) >= 11 is 5.35. The third kappa shape index (κ3) is 1.91. The van der Waals surface area contributed by atoms with Crippen LogP contribution in [0.4, 0.5) is 4.39 Å². The smallest absolute Gasteiger partial charge is 0.177 e. The van der Waals surface area contributed by atoms with Gasteiger partial charge in [0.2, 0.25) is 0 Å². The van der Waals surface area contributed by atoms with Crippen molar-refractivity contribution in [3.05, 3.63) is 34.6 Å². The highest BCUT2D eigenvalue weighted by molar-refractivity contribution is 6.30. The van der Waals surface area contributed by atoms with Gasteiger partial charge in [-0.3, -0.25) is 4.79 Å². The van der Waals surface area contributed by atoms with Crippen LogP contribution in [0.1, 0.15) is 21.5 Å². The Hall–Kier alpha value is -1.40. The minimum Gasteiger partial charge on any atom is -0.293 e. The first-order valence-electron chi connectivity index (χ1n) is 3.89. The maximum atomic E-state index is 13.2. The molecule has 0 N–H and O–H groups in total. The van der Waals surface area contributed by atoms with Crippen LogP contribution in [0.3, 0.4) is 0 Å². The Morgan fingerprint density at radius 1 is 1.64 bits per heavy atom. The molecule has 0 aromatic heterocycles. The zero-order valence-corrected chi connectivity index (χ0v) is 8.23. The van der Waals surface area contributed by atoms with Crippen LogP contribution in [0.5, 0.6) is 0 Å². The zero-order chi connectivity index (χ0) is 10.7. The summed E-state index contributed by atoms with van der Waals surface area (Å²) in [4.78, 5) is 11.2. The first-order valence-corrected chi connectivity index (χ1v) is 4.43. The fourth-order valence-corrected chi connectivity index (χ4v) is 1.25. The van der Waals surface area contributed by atoms with Crippen molar-refractivity contribution in [1.82, 2.24) is 0 Å². The number of nitrogens with zero attached hydrogens (tertiary/aromatic N) is 1. The molecule has 0 aliphatic rings. The standard InChI is InChI=1S/C10H7ClFNO/c1-6-8(10(14)4-11)2-7(5-13)3-9(6)12/h2-3H,4H2,1H3. The fraction of sp³-hybridized carbons (Fsp3) is 0.200. The van der Waals surface area contributed by atoms with Gasteiger partial charge in [-0.05, 0) is 24.6 Å². The Bertz CT molecular complexity index is 423. The first-order chi connectivity index (χ1) is 6.60.